The number of nitriles is 3. The van der Waals surface area contributed by atoms with Crippen molar-refractivity contribution >= 4 is 17.3 Å². The van der Waals surface area contributed by atoms with Crippen molar-refractivity contribution in [1.29, 1.82) is 15.8 Å². The summed E-state index contributed by atoms with van der Waals surface area (Å²) >= 11 is 6.11. The van der Waals surface area contributed by atoms with E-state index < -0.39 is 23.0 Å². The molecule has 5 nitrogen and oxygen atoms in total. The van der Waals surface area contributed by atoms with Crippen LogP contribution in [0.3, 0.4) is 0 Å². The van der Waals surface area contributed by atoms with E-state index in [2.05, 4.69) is 5.32 Å². The van der Waals surface area contributed by atoms with Gasteiger partial charge in [0.2, 0.25) is 0 Å². The summed E-state index contributed by atoms with van der Waals surface area (Å²) in [5, 5.41) is 30.0. The maximum Gasteiger partial charge on any atom is 0.416 e. The lowest BCUT2D eigenvalue weighted by molar-refractivity contribution is -0.137. The maximum absolute atomic E-state index is 13.1. The molecule has 9 heteroatoms. The van der Waals surface area contributed by atoms with Gasteiger partial charge in [-0.2, -0.15) is 29.0 Å². The highest BCUT2D eigenvalue weighted by Crippen LogP contribution is 2.38. The van der Waals surface area contributed by atoms with E-state index >= 15 is 0 Å². The second kappa shape index (κ2) is 8.56. The smallest absolute Gasteiger partial charge is 0.416 e. The van der Waals surface area contributed by atoms with Crippen LogP contribution in [0.5, 0.6) is 11.5 Å². The minimum Gasteiger partial charge on any atom is -0.455 e. The van der Waals surface area contributed by atoms with Crippen LogP contribution in [-0.2, 0) is 6.18 Å². The van der Waals surface area contributed by atoms with E-state index in [9.17, 15) is 18.4 Å². The molecule has 146 valence electrons. The molecule has 0 aliphatic rings. The van der Waals surface area contributed by atoms with E-state index in [4.69, 9.17) is 26.9 Å². The molecule has 0 spiro atoms. The van der Waals surface area contributed by atoms with Crippen molar-refractivity contribution in [3.63, 3.8) is 0 Å². The molecule has 0 amide bonds. The van der Waals surface area contributed by atoms with Gasteiger partial charge in [0.05, 0.1) is 11.3 Å². The van der Waals surface area contributed by atoms with Crippen molar-refractivity contribution in [3.05, 3.63) is 63.3 Å². The zero-order valence-electron chi connectivity index (χ0n) is 15.1. The molecule has 0 heterocycles. The number of anilines is 1. The Kier molecular flexibility index (Phi) is 6.38. The van der Waals surface area contributed by atoms with Crippen LogP contribution in [0, 0.1) is 47.8 Å². The van der Waals surface area contributed by atoms with Crippen molar-refractivity contribution in [2.24, 2.45) is 0 Å². The first-order valence-corrected chi connectivity index (χ1v) is 8.36. The third kappa shape index (κ3) is 4.99. The van der Waals surface area contributed by atoms with E-state index in [1.807, 2.05) is 0 Å². The normalized spacial score (nSPS) is 10.3. The average Bonchev–Trinajstić information content (AvgIpc) is 2.66. The maximum atomic E-state index is 13.1. The molecule has 0 saturated heterocycles. The van der Waals surface area contributed by atoms with Gasteiger partial charge >= 0.3 is 6.18 Å². The van der Waals surface area contributed by atoms with Crippen LogP contribution in [0.4, 0.5) is 18.9 Å². The Balaban J connectivity index is 2.58. The fourth-order valence-corrected chi connectivity index (χ4v) is 2.51. The quantitative estimate of drug-likeness (QED) is 0.616. The molecule has 0 saturated carbocycles. The van der Waals surface area contributed by atoms with E-state index in [1.54, 1.807) is 32.0 Å². The van der Waals surface area contributed by atoms with Crippen LogP contribution in [0.25, 0.3) is 0 Å². The topological polar surface area (TPSA) is 92.6 Å². The minimum absolute atomic E-state index is 0.0397. The van der Waals surface area contributed by atoms with Crippen LogP contribution < -0.4 is 10.1 Å². The number of benzene rings is 2. The van der Waals surface area contributed by atoms with Crippen LogP contribution >= 0.6 is 11.6 Å². The number of hydrogen-bond donors (Lipinski definition) is 1. The first-order chi connectivity index (χ1) is 13.6. The summed E-state index contributed by atoms with van der Waals surface area (Å²) in [5.41, 5.74) is -0.890. The van der Waals surface area contributed by atoms with E-state index in [0.717, 1.165) is 18.2 Å². The standard InChI is InChI=1S/C20H12ClF3N4O/c1-11-5-15(6-12(2)19(11)21)29-18-4-3-14(20(22,23)24)7-16(18)28-17(10-27)13(8-25)9-26/h3-7,28H,1-2H3. The predicted molar refractivity (Wildman–Crippen MR) is 99.9 cm³/mol. The molecular weight excluding hydrogens is 405 g/mol. The Bertz CT molecular complexity index is 1080. The van der Waals surface area contributed by atoms with Gasteiger partial charge in [-0.05, 0) is 55.3 Å². The molecule has 0 radical (unpaired) electrons. The molecule has 2 aromatic carbocycles. The monoisotopic (exact) mass is 416 g/mol. The van der Waals surface area contributed by atoms with Gasteiger partial charge in [-0.3, -0.25) is 0 Å². The third-order valence-electron chi connectivity index (χ3n) is 3.79. The molecule has 0 aliphatic heterocycles. The number of halogens is 4. The molecule has 29 heavy (non-hydrogen) atoms. The first kappa shape index (κ1) is 21.6. The number of nitrogens with zero attached hydrogens (tertiary/aromatic N) is 3. The number of ether oxygens (including phenoxy) is 1. The number of hydrogen-bond acceptors (Lipinski definition) is 5. The molecule has 0 aliphatic carbocycles. The molecule has 2 rings (SSSR count). The molecule has 0 fully saturated rings. The lowest BCUT2D eigenvalue weighted by atomic mass is 10.1. The summed E-state index contributed by atoms with van der Waals surface area (Å²) < 4.78 is 45.1. The lowest BCUT2D eigenvalue weighted by Gasteiger charge is -2.16. The van der Waals surface area contributed by atoms with Gasteiger partial charge in [-0.15, -0.1) is 0 Å². The average molecular weight is 417 g/mol. The number of rotatable bonds is 4. The van der Waals surface area contributed by atoms with Crippen molar-refractivity contribution in [2.45, 2.75) is 20.0 Å². The SMILES string of the molecule is Cc1cc(Oc2ccc(C(F)(F)F)cc2NC(C#N)=C(C#N)C#N)cc(C)c1Cl. The van der Waals surface area contributed by atoms with Crippen LogP contribution in [-0.4, -0.2) is 0 Å². The molecule has 1 N–H and O–H groups in total. The van der Waals surface area contributed by atoms with Gasteiger partial charge in [0.15, 0.2) is 11.3 Å². The fraction of sp³-hybridized carbons (Fsp3) is 0.150. The fourth-order valence-electron chi connectivity index (χ4n) is 2.40. The largest absolute Gasteiger partial charge is 0.455 e. The van der Waals surface area contributed by atoms with E-state index in [-0.39, 0.29) is 11.4 Å². The zero-order valence-corrected chi connectivity index (χ0v) is 15.9. The molecule has 0 aromatic heterocycles. The summed E-state index contributed by atoms with van der Waals surface area (Å²) in [5.74, 6) is 0.276. The Morgan fingerprint density at radius 2 is 1.59 bits per heavy atom. The van der Waals surface area contributed by atoms with Crippen molar-refractivity contribution in [2.75, 3.05) is 5.32 Å². The van der Waals surface area contributed by atoms with Gasteiger partial charge in [0.25, 0.3) is 0 Å². The highest BCUT2D eigenvalue weighted by molar-refractivity contribution is 6.32. The van der Waals surface area contributed by atoms with Crippen molar-refractivity contribution in [1.82, 2.24) is 0 Å². The Morgan fingerprint density at radius 1 is 1.00 bits per heavy atom. The van der Waals surface area contributed by atoms with Crippen LogP contribution in [0.2, 0.25) is 5.02 Å². The second-order valence-electron chi connectivity index (χ2n) is 5.89. The highest BCUT2D eigenvalue weighted by Gasteiger charge is 2.31. The lowest BCUT2D eigenvalue weighted by Crippen LogP contribution is -2.08. The van der Waals surface area contributed by atoms with Gasteiger partial charge in [-0.25, -0.2) is 0 Å². The number of aryl methyl sites for hydroxylation is 2. The Morgan fingerprint density at radius 3 is 2.07 bits per heavy atom. The summed E-state index contributed by atoms with van der Waals surface area (Å²) in [7, 11) is 0. The number of allylic oxidation sites excluding steroid dienone is 2. The Hall–Kier alpha value is -3.67. The zero-order chi connectivity index (χ0) is 21.8. The van der Waals surface area contributed by atoms with Gasteiger partial charge in [-0.1, -0.05) is 11.6 Å². The second-order valence-corrected chi connectivity index (χ2v) is 6.27. The summed E-state index contributed by atoms with van der Waals surface area (Å²) in [6, 6.07) is 10.5. The summed E-state index contributed by atoms with van der Waals surface area (Å²) in [4.78, 5) is 0. The van der Waals surface area contributed by atoms with Crippen LogP contribution in [0.15, 0.2) is 41.6 Å². The minimum atomic E-state index is -4.65. The molecule has 2 aromatic rings. The Labute approximate surface area is 169 Å². The summed E-state index contributed by atoms with van der Waals surface area (Å²) in [6.45, 7) is 3.49. The van der Waals surface area contributed by atoms with Crippen LogP contribution in [0.1, 0.15) is 16.7 Å². The van der Waals surface area contributed by atoms with Gasteiger partial charge < -0.3 is 10.1 Å². The van der Waals surface area contributed by atoms with Gasteiger partial charge in [0, 0.05) is 5.02 Å². The third-order valence-corrected chi connectivity index (χ3v) is 4.39. The number of alkyl halides is 3. The van der Waals surface area contributed by atoms with Crippen molar-refractivity contribution < 1.29 is 17.9 Å². The summed E-state index contributed by atoms with van der Waals surface area (Å²) in [6.07, 6.45) is -4.65. The molecule has 0 bridgehead atoms. The van der Waals surface area contributed by atoms with E-state index in [1.165, 1.54) is 12.1 Å². The van der Waals surface area contributed by atoms with E-state index in [0.29, 0.717) is 21.9 Å². The van der Waals surface area contributed by atoms with Gasteiger partial charge in [0.1, 0.15) is 29.7 Å². The molecule has 0 atom stereocenters. The number of nitrogens with one attached hydrogen (secondary N) is 1. The van der Waals surface area contributed by atoms with Crippen molar-refractivity contribution in [3.8, 4) is 29.7 Å². The molecule has 0 unspecified atom stereocenters. The highest BCUT2D eigenvalue weighted by atomic mass is 35.5. The predicted octanol–water partition coefficient (Wildman–Crippen LogP) is 6.00. The molecular formula is C20H12ClF3N4O. The first-order valence-electron chi connectivity index (χ1n) is 7.98.